The average molecular weight is 170 g/mol. The minimum Gasteiger partial charge on any atom is -0.0986 e. The topological polar surface area (TPSA) is 0 Å². The Morgan fingerprint density at radius 2 is 1.73 bits per heavy atom. The van der Waals surface area contributed by atoms with Crippen LogP contribution in [0.15, 0.2) is 11.8 Å². The van der Waals surface area contributed by atoms with Gasteiger partial charge in [-0.2, -0.15) is 0 Å². The van der Waals surface area contributed by atoms with Gasteiger partial charge in [0.25, 0.3) is 0 Å². The Morgan fingerprint density at radius 3 is 2.18 bits per heavy atom. The van der Waals surface area contributed by atoms with Crippen LogP contribution in [0.2, 0.25) is 19.1 Å². The molecular weight excluding hydrogens is 148 g/mol. The van der Waals surface area contributed by atoms with Crippen LogP contribution in [0.1, 0.15) is 33.1 Å². The van der Waals surface area contributed by atoms with E-state index < -0.39 is 8.07 Å². The molecule has 11 heavy (non-hydrogen) atoms. The molecule has 0 aromatic carbocycles. The molecule has 0 bridgehead atoms. The Kier molecular flexibility index (Phi) is 5.57. The second-order valence-corrected chi connectivity index (χ2v) is 8.74. The van der Waals surface area contributed by atoms with Crippen LogP contribution in [0.25, 0.3) is 0 Å². The summed E-state index contributed by atoms with van der Waals surface area (Å²) < 4.78 is 0. The van der Waals surface area contributed by atoms with E-state index in [4.69, 9.17) is 0 Å². The molecule has 1 heteroatoms. The fourth-order valence-electron chi connectivity index (χ4n) is 1.30. The first-order valence-corrected chi connectivity index (χ1v) is 8.08. The molecule has 66 valence electrons. The normalized spacial score (nSPS) is 12.7. The minimum absolute atomic E-state index is 0.921. The number of hydrogen-bond acceptors (Lipinski definition) is 0. The third-order valence-electron chi connectivity index (χ3n) is 1.92. The quantitative estimate of drug-likeness (QED) is 0.547. The summed E-state index contributed by atoms with van der Waals surface area (Å²) in [6, 6.07) is 1.44. The zero-order valence-electron chi connectivity index (χ0n) is 8.48. The van der Waals surface area contributed by atoms with Gasteiger partial charge in [-0.25, -0.2) is 0 Å². The predicted octanol–water partition coefficient (Wildman–Crippen LogP) is 4.00. The fraction of sp³-hybridized carbons (Fsp3) is 0.800. The molecule has 0 nitrogen and oxygen atoms in total. The Labute approximate surface area is 72.7 Å². The molecule has 0 aliphatic heterocycles. The number of hydrogen-bond donors (Lipinski definition) is 0. The zero-order chi connectivity index (χ0) is 8.74. The molecule has 0 aliphatic carbocycles. The van der Waals surface area contributed by atoms with E-state index in [0.29, 0.717) is 0 Å². The molecule has 0 aliphatic rings. The summed E-state index contributed by atoms with van der Waals surface area (Å²) in [5, 5.41) is 0. The first-order chi connectivity index (χ1) is 5.12. The Bertz CT molecular complexity index is 114. The van der Waals surface area contributed by atoms with Crippen LogP contribution >= 0.6 is 0 Å². The summed E-state index contributed by atoms with van der Waals surface area (Å²) in [7, 11) is -0.921. The van der Waals surface area contributed by atoms with Crippen LogP contribution in [0.5, 0.6) is 0 Å². The van der Waals surface area contributed by atoms with Crippen molar-refractivity contribution in [1.29, 1.82) is 0 Å². The van der Waals surface area contributed by atoms with Crippen LogP contribution in [-0.2, 0) is 0 Å². The summed E-state index contributed by atoms with van der Waals surface area (Å²) in [6.07, 6.45) is 6.27. The molecule has 0 spiro atoms. The number of rotatable bonds is 5. The average Bonchev–Trinajstić information content (AvgIpc) is 1.87. The van der Waals surface area contributed by atoms with Crippen LogP contribution in [-0.4, -0.2) is 8.07 Å². The van der Waals surface area contributed by atoms with Gasteiger partial charge in [0.2, 0.25) is 0 Å². The van der Waals surface area contributed by atoms with E-state index in [1.165, 1.54) is 25.3 Å². The van der Waals surface area contributed by atoms with Gasteiger partial charge in [-0.1, -0.05) is 57.6 Å². The van der Waals surface area contributed by atoms with Gasteiger partial charge in [-0.3, -0.25) is 0 Å². The van der Waals surface area contributed by atoms with Crippen molar-refractivity contribution in [1.82, 2.24) is 0 Å². The van der Waals surface area contributed by atoms with Gasteiger partial charge in [0, 0.05) is 0 Å². The van der Waals surface area contributed by atoms with Crippen LogP contribution in [0.3, 0.4) is 0 Å². The van der Waals surface area contributed by atoms with E-state index in [2.05, 4.69) is 38.7 Å². The van der Waals surface area contributed by atoms with Crippen LogP contribution < -0.4 is 0 Å². The summed E-state index contributed by atoms with van der Waals surface area (Å²) in [5.74, 6) is 0. The van der Waals surface area contributed by atoms with Gasteiger partial charge in [-0.05, 0) is 6.42 Å². The molecule has 0 rings (SSSR count). The lowest BCUT2D eigenvalue weighted by Gasteiger charge is -2.15. The van der Waals surface area contributed by atoms with Gasteiger partial charge >= 0.3 is 0 Å². The van der Waals surface area contributed by atoms with E-state index in [1.807, 2.05) is 0 Å². The molecule has 0 radical (unpaired) electrons. The van der Waals surface area contributed by atoms with E-state index in [1.54, 1.807) is 0 Å². The van der Waals surface area contributed by atoms with Gasteiger partial charge in [0.05, 0.1) is 8.07 Å². The van der Waals surface area contributed by atoms with Crippen molar-refractivity contribution in [2.75, 3.05) is 0 Å². The van der Waals surface area contributed by atoms with E-state index in [9.17, 15) is 0 Å². The molecule has 0 amide bonds. The molecule has 0 fully saturated rings. The van der Waals surface area contributed by atoms with Crippen LogP contribution in [0, 0.1) is 0 Å². The van der Waals surface area contributed by atoms with Crippen LogP contribution in [0.4, 0.5) is 0 Å². The van der Waals surface area contributed by atoms with E-state index in [-0.39, 0.29) is 0 Å². The second kappa shape index (κ2) is 5.59. The lowest BCUT2D eigenvalue weighted by atomic mass is 10.3. The summed E-state index contributed by atoms with van der Waals surface area (Å²) >= 11 is 0. The van der Waals surface area contributed by atoms with Crippen molar-refractivity contribution in [2.24, 2.45) is 0 Å². The lowest BCUT2D eigenvalue weighted by molar-refractivity contribution is 0.958. The Hall–Kier alpha value is -0.0431. The monoisotopic (exact) mass is 170 g/mol. The van der Waals surface area contributed by atoms with Crippen molar-refractivity contribution < 1.29 is 0 Å². The second-order valence-electron chi connectivity index (χ2n) is 3.93. The van der Waals surface area contributed by atoms with E-state index in [0.717, 1.165) is 0 Å². The highest BCUT2D eigenvalue weighted by Crippen LogP contribution is 2.13. The minimum atomic E-state index is -0.921. The Balaban J connectivity index is 3.69. The lowest BCUT2D eigenvalue weighted by Crippen LogP contribution is -2.21. The first kappa shape index (κ1) is 11.0. The standard InChI is InChI=1S/C10H22Si/c1-5-7-8-10-11(3,4)9-6-2/h8,10H,5-7,9H2,1-4H3. The largest absolute Gasteiger partial charge is 0.0986 e. The molecule has 0 heterocycles. The van der Waals surface area contributed by atoms with Gasteiger partial charge < -0.3 is 0 Å². The van der Waals surface area contributed by atoms with Crippen molar-refractivity contribution in [2.45, 2.75) is 52.2 Å². The third-order valence-corrected chi connectivity index (χ3v) is 4.85. The van der Waals surface area contributed by atoms with Gasteiger partial charge in [0.1, 0.15) is 0 Å². The smallest absolute Gasteiger partial charge is 0.0713 e. The maximum Gasteiger partial charge on any atom is 0.0713 e. The third kappa shape index (κ3) is 6.36. The van der Waals surface area contributed by atoms with Crippen molar-refractivity contribution in [3.63, 3.8) is 0 Å². The summed E-state index contributed by atoms with van der Waals surface area (Å²) in [4.78, 5) is 0. The maximum atomic E-state index is 2.50. The highest BCUT2D eigenvalue weighted by Gasteiger charge is 2.13. The number of allylic oxidation sites excluding steroid dienone is 1. The molecule has 0 N–H and O–H groups in total. The van der Waals surface area contributed by atoms with Crippen molar-refractivity contribution in [3.05, 3.63) is 11.8 Å². The molecule has 0 atom stereocenters. The fourth-order valence-corrected chi connectivity index (χ4v) is 3.56. The highest BCUT2D eigenvalue weighted by molar-refractivity contribution is 6.82. The predicted molar refractivity (Wildman–Crippen MR) is 56.6 cm³/mol. The first-order valence-electron chi connectivity index (χ1n) is 4.80. The zero-order valence-corrected chi connectivity index (χ0v) is 9.48. The molecular formula is C10H22Si. The van der Waals surface area contributed by atoms with E-state index >= 15 is 0 Å². The summed E-state index contributed by atoms with van der Waals surface area (Å²) in [6.45, 7) is 9.41. The highest BCUT2D eigenvalue weighted by atomic mass is 28.3. The van der Waals surface area contributed by atoms with Crippen molar-refractivity contribution in [3.8, 4) is 0 Å². The molecule has 0 saturated carbocycles. The van der Waals surface area contributed by atoms with Gasteiger partial charge in [-0.15, -0.1) is 0 Å². The maximum absolute atomic E-state index is 2.50. The molecule has 0 saturated heterocycles. The number of unbranched alkanes of at least 4 members (excludes halogenated alkanes) is 1. The SMILES string of the molecule is CCCC=C[Si](C)(C)CCC. The molecule has 0 unspecified atom stereocenters. The Morgan fingerprint density at radius 1 is 1.09 bits per heavy atom. The van der Waals surface area contributed by atoms with Gasteiger partial charge in [0.15, 0.2) is 0 Å². The molecule has 0 aromatic heterocycles. The summed E-state index contributed by atoms with van der Waals surface area (Å²) in [5.41, 5.74) is 2.50. The van der Waals surface area contributed by atoms with Crippen molar-refractivity contribution >= 4 is 8.07 Å². The molecule has 0 aromatic rings.